The van der Waals surface area contributed by atoms with Gasteiger partial charge in [-0.15, -0.1) is 6.58 Å². The second kappa shape index (κ2) is 12.2. The van der Waals surface area contributed by atoms with E-state index in [0.717, 1.165) is 0 Å². The van der Waals surface area contributed by atoms with Gasteiger partial charge >= 0.3 is 17.9 Å². The van der Waals surface area contributed by atoms with Crippen LogP contribution >= 0.6 is 0 Å². The fourth-order valence-electron chi connectivity index (χ4n) is 4.31. The highest BCUT2D eigenvalue weighted by atomic mass is 16.7. The number of rotatable bonds is 10. The Morgan fingerprint density at radius 1 is 0.769 bits per heavy atom. The Morgan fingerprint density at radius 2 is 1.23 bits per heavy atom. The molecule has 1 aliphatic rings. The van der Waals surface area contributed by atoms with E-state index in [1.807, 2.05) is 0 Å². The molecule has 9 heteroatoms. The first-order valence-corrected chi connectivity index (χ1v) is 12.2. The molecule has 0 radical (unpaired) electrons. The van der Waals surface area contributed by atoms with Gasteiger partial charge in [0, 0.05) is 6.42 Å². The Kier molecular flexibility index (Phi) is 8.53. The topological polar surface area (TPSA) is 131 Å². The summed E-state index contributed by atoms with van der Waals surface area (Å²) in [7, 11) is 0. The van der Waals surface area contributed by atoms with E-state index in [9.17, 15) is 19.2 Å². The normalized spacial score (nSPS) is 21.9. The van der Waals surface area contributed by atoms with Crippen molar-refractivity contribution in [2.75, 3.05) is 6.61 Å². The third-order valence-electron chi connectivity index (χ3n) is 6.24. The van der Waals surface area contributed by atoms with Crippen molar-refractivity contribution < 1.29 is 38.1 Å². The maximum absolute atomic E-state index is 13.1. The van der Waals surface area contributed by atoms with Gasteiger partial charge in [-0.05, 0) is 36.4 Å². The largest absolute Gasteiger partial charge is 0.459 e. The molecule has 0 aromatic heterocycles. The smallest absolute Gasteiger partial charge is 0.338 e. The summed E-state index contributed by atoms with van der Waals surface area (Å²) >= 11 is 0. The van der Waals surface area contributed by atoms with Crippen molar-refractivity contribution in [3.8, 4) is 0 Å². The summed E-state index contributed by atoms with van der Waals surface area (Å²) in [6.07, 6.45) is -2.83. The van der Waals surface area contributed by atoms with Crippen LogP contribution < -0.4 is 5.73 Å². The monoisotopic (exact) mass is 529 g/mol. The van der Waals surface area contributed by atoms with Gasteiger partial charge < -0.3 is 24.7 Å². The molecule has 3 aromatic carbocycles. The summed E-state index contributed by atoms with van der Waals surface area (Å²) < 4.78 is 23.0. The molecule has 39 heavy (non-hydrogen) atoms. The molecule has 1 amide bonds. The third kappa shape index (κ3) is 6.05. The average Bonchev–Trinajstić information content (AvgIpc) is 3.25. The third-order valence-corrected chi connectivity index (χ3v) is 6.24. The van der Waals surface area contributed by atoms with Crippen molar-refractivity contribution in [1.29, 1.82) is 0 Å². The molecule has 0 bridgehead atoms. The van der Waals surface area contributed by atoms with Gasteiger partial charge in [-0.3, -0.25) is 4.79 Å². The summed E-state index contributed by atoms with van der Waals surface area (Å²) in [5, 5.41) is 0. The predicted molar refractivity (Wildman–Crippen MR) is 140 cm³/mol. The summed E-state index contributed by atoms with van der Waals surface area (Å²) in [4.78, 5) is 51.7. The molecular formula is C30H27NO8. The fraction of sp³-hybridized carbons (Fsp3) is 0.200. The molecule has 1 aliphatic heterocycles. The van der Waals surface area contributed by atoms with E-state index < -0.39 is 54.3 Å². The van der Waals surface area contributed by atoms with Crippen LogP contribution in [0.25, 0.3) is 0 Å². The van der Waals surface area contributed by atoms with E-state index in [0.29, 0.717) is 0 Å². The van der Waals surface area contributed by atoms with E-state index in [2.05, 4.69) is 6.58 Å². The second-order valence-electron chi connectivity index (χ2n) is 8.80. The van der Waals surface area contributed by atoms with Crippen molar-refractivity contribution >= 4 is 23.8 Å². The molecule has 200 valence electrons. The standard InChI is InChI=1S/C30H27NO8/c1-2-18-30(29(31)35)25(38-28(34)22-16-10-5-11-17-22)24(37-27(33)21-14-8-4-9-15-21)23(39-30)19-36-26(32)20-12-6-3-7-13-20/h2-17,23-25H,1,18-19H2,(H2,31,35)/t23-,24-,25-,30+/m1/s1. The Morgan fingerprint density at radius 3 is 1.69 bits per heavy atom. The Bertz CT molecular complexity index is 1330. The van der Waals surface area contributed by atoms with Crippen molar-refractivity contribution in [2.24, 2.45) is 5.73 Å². The van der Waals surface area contributed by atoms with Crippen LogP contribution in [-0.2, 0) is 23.7 Å². The van der Waals surface area contributed by atoms with Gasteiger partial charge in [-0.1, -0.05) is 60.7 Å². The number of ether oxygens (including phenoxy) is 4. The minimum absolute atomic E-state index is 0.169. The van der Waals surface area contributed by atoms with Crippen molar-refractivity contribution in [3.05, 3.63) is 120 Å². The van der Waals surface area contributed by atoms with Crippen LogP contribution in [0, 0.1) is 0 Å². The van der Waals surface area contributed by atoms with Crippen LogP contribution in [-0.4, -0.2) is 54.3 Å². The first kappa shape index (κ1) is 27.3. The quantitative estimate of drug-likeness (QED) is 0.240. The van der Waals surface area contributed by atoms with Crippen LogP contribution in [0.15, 0.2) is 104 Å². The van der Waals surface area contributed by atoms with Gasteiger partial charge in [-0.25, -0.2) is 14.4 Å². The second-order valence-corrected chi connectivity index (χ2v) is 8.80. The molecule has 0 saturated carbocycles. The molecule has 0 aliphatic carbocycles. The molecule has 9 nitrogen and oxygen atoms in total. The number of hydrogen-bond acceptors (Lipinski definition) is 8. The van der Waals surface area contributed by atoms with E-state index in [4.69, 9.17) is 24.7 Å². The first-order valence-electron chi connectivity index (χ1n) is 12.2. The van der Waals surface area contributed by atoms with Crippen LogP contribution in [0.2, 0.25) is 0 Å². The number of primary amides is 1. The maximum atomic E-state index is 13.1. The van der Waals surface area contributed by atoms with Gasteiger partial charge in [0.25, 0.3) is 5.91 Å². The van der Waals surface area contributed by atoms with Crippen LogP contribution in [0.4, 0.5) is 0 Å². The Labute approximate surface area is 225 Å². The lowest BCUT2D eigenvalue weighted by molar-refractivity contribution is -0.152. The number of carbonyl (C=O) groups is 4. The van der Waals surface area contributed by atoms with Crippen LogP contribution in [0.1, 0.15) is 37.5 Å². The van der Waals surface area contributed by atoms with Gasteiger partial charge in [0.15, 0.2) is 17.8 Å². The Hall–Kier alpha value is -4.76. The molecule has 1 heterocycles. The van der Waals surface area contributed by atoms with Crippen molar-refractivity contribution in [1.82, 2.24) is 0 Å². The lowest BCUT2D eigenvalue weighted by atomic mass is 9.89. The van der Waals surface area contributed by atoms with Gasteiger partial charge in [0.05, 0.1) is 16.7 Å². The van der Waals surface area contributed by atoms with Crippen LogP contribution in [0.5, 0.6) is 0 Å². The van der Waals surface area contributed by atoms with E-state index in [1.54, 1.807) is 78.9 Å². The highest BCUT2D eigenvalue weighted by Gasteiger charge is 2.62. The minimum atomic E-state index is -1.95. The SMILES string of the molecule is C=CC[C@]1(C(N)=O)O[C@H](COC(=O)c2ccccc2)[C@@H](OC(=O)c2ccccc2)[C@H]1OC(=O)c1ccccc1. The zero-order valence-electron chi connectivity index (χ0n) is 20.9. The highest BCUT2D eigenvalue weighted by Crippen LogP contribution is 2.39. The molecule has 4 rings (SSSR count). The predicted octanol–water partition coefficient (Wildman–Crippen LogP) is 3.49. The number of hydrogen-bond donors (Lipinski definition) is 1. The first-order chi connectivity index (χ1) is 18.9. The van der Waals surface area contributed by atoms with E-state index >= 15 is 0 Å². The summed E-state index contributed by atoms with van der Waals surface area (Å²) in [5.74, 6) is -3.18. The highest BCUT2D eigenvalue weighted by molar-refractivity contribution is 5.92. The lowest BCUT2D eigenvalue weighted by Crippen LogP contribution is -2.55. The van der Waals surface area contributed by atoms with Crippen molar-refractivity contribution in [2.45, 2.75) is 30.3 Å². The van der Waals surface area contributed by atoms with Crippen LogP contribution in [0.3, 0.4) is 0 Å². The zero-order chi connectivity index (χ0) is 27.8. The van der Waals surface area contributed by atoms with E-state index in [1.165, 1.54) is 18.2 Å². The fourth-order valence-corrected chi connectivity index (χ4v) is 4.31. The van der Waals surface area contributed by atoms with E-state index in [-0.39, 0.29) is 23.1 Å². The molecule has 4 atom stereocenters. The minimum Gasteiger partial charge on any atom is -0.459 e. The van der Waals surface area contributed by atoms with Gasteiger partial charge in [0.2, 0.25) is 0 Å². The molecule has 1 fully saturated rings. The lowest BCUT2D eigenvalue weighted by Gasteiger charge is -2.31. The molecule has 0 unspecified atom stereocenters. The Balaban J connectivity index is 1.69. The van der Waals surface area contributed by atoms with Crippen molar-refractivity contribution in [3.63, 3.8) is 0 Å². The number of carbonyl (C=O) groups excluding carboxylic acids is 4. The molecular weight excluding hydrogens is 502 g/mol. The van der Waals surface area contributed by atoms with Gasteiger partial charge in [-0.2, -0.15) is 0 Å². The average molecular weight is 530 g/mol. The molecule has 0 spiro atoms. The number of amides is 1. The summed E-state index contributed by atoms with van der Waals surface area (Å²) in [6, 6.07) is 24.4. The summed E-state index contributed by atoms with van der Waals surface area (Å²) in [5.41, 5.74) is 4.53. The summed E-state index contributed by atoms with van der Waals surface area (Å²) in [6.45, 7) is 3.25. The number of nitrogens with two attached hydrogens (primary N) is 1. The zero-order valence-corrected chi connectivity index (χ0v) is 20.9. The number of esters is 3. The number of benzene rings is 3. The molecule has 3 aromatic rings. The molecule has 1 saturated heterocycles. The molecule has 2 N–H and O–H groups in total. The van der Waals surface area contributed by atoms with Gasteiger partial charge in [0.1, 0.15) is 12.7 Å². The maximum Gasteiger partial charge on any atom is 0.338 e.